The molecule has 0 unspecified atom stereocenters. The van der Waals surface area contributed by atoms with Crippen LogP contribution in [-0.2, 0) is 11.3 Å². The van der Waals surface area contributed by atoms with Crippen molar-refractivity contribution in [2.24, 2.45) is 0 Å². The van der Waals surface area contributed by atoms with Gasteiger partial charge in [0.25, 0.3) is 0 Å². The third-order valence-corrected chi connectivity index (χ3v) is 3.60. The van der Waals surface area contributed by atoms with Gasteiger partial charge in [-0.05, 0) is 24.3 Å². The smallest absolute Gasteiger partial charge is 0.207 e. The monoisotopic (exact) mass is 339 g/mol. The largest absolute Gasteiger partial charge is 0.493 e. The molecule has 1 aromatic carbocycles. The van der Waals surface area contributed by atoms with Gasteiger partial charge in [-0.25, -0.2) is 0 Å². The predicted molar refractivity (Wildman–Crippen MR) is 92.1 cm³/mol. The molecule has 3 aromatic rings. The number of nitrogens with zero attached hydrogens (tertiary/aromatic N) is 2. The fourth-order valence-electron chi connectivity index (χ4n) is 2.39. The minimum atomic E-state index is 0.374. The summed E-state index contributed by atoms with van der Waals surface area (Å²) in [5.41, 5.74) is 1.47. The normalized spacial score (nSPS) is 10.3. The second-order valence-electron chi connectivity index (χ2n) is 5.12. The Morgan fingerprint density at radius 2 is 1.84 bits per heavy atom. The van der Waals surface area contributed by atoms with Crippen molar-refractivity contribution in [3.05, 3.63) is 48.4 Å². The summed E-state index contributed by atoms with van der Waals surface area (Å²) in [5, 5.41) is 3.36. The first-order chi connectivity index (χ1) is 12.2. The zero-order valence-corrected chi connectivity index (χ0v) is 13.9. The van der Waals surface area contributed by atoms with Gasteiger partial charge in [-0.1, -0.05) is 0 Å². The highest BCUT2D eigenvalue weighted by Crippen LogP contribution is 2.36. The van der Waals surface area contributed by atoms with E-state index in [0.717, 1.165) is 16.6 Å². The third kappa shape index (κ3) is 3.60. The summed E-state index contributed by atoms with van der Waals surface area (Å²) >= 11 is 0. The molecule has 0 saturated heterocycles. The van der Waals surface area contributed by atoms with E-state index in [9.17, 15) is 4.79 Å². The van der Waals surface area contributed by atoms with Crippen LogP contribution >= 0.6 is 0 Å². The zero-order valence-electron chi connectivity index (χ0n) is 13.9. The highest BCUT2D eigenvalue weighted by atomic mass is 16.5. The average Bonchev–Trinajstić information content (AvgIpc) is 2.66. The first-order valence-corrected chi connectivity index (χ1v) is 7.55. The molecule has 0 aliphatic rings. The van der Waals surface area contributed by atoms with Crippen LogP contribution in [0, 0.1) is 0 Å². The van der Waals surface area contributed by atoms with Crippen molar-refractivity contribution < 1.29 is 19.0 Å². The van der Waals surface area contributed by atoms with Crippen molar-refractivity contribution >= 4 is 17.3 Å². The van der Waals surface area contributed by atoms with Crippen LogP contribution in [0.5, 0.6) is 23.0 Å². The van der Waals surface area contributed by atoms with Gasteiger partial charge in [0.1, 0.15) is 11.5 Å². The molecule has 7 nitrogen and oxygen atoms in total. The summed E-state index contributed by atoms with van der Waals surface area (Å²) in [5.74, 6) is 2.42. The number of amides is 1. The summed E-state index contributed by atoms with van der Waals surface area (Å²) in [6.07, 6.45) is 3.91. The van der Waals surface area contributed by atoms with E-state index in [-0.39, 0.29) is 0 Å². The molecule has 2 heterocycles. The van der Waals surface area contributed by atoms with Gasteiger partial charge in [0.05, 0.1) is 38.2 Å². The number of aromatic nitrogens is 2. The Hall–Kier alpha value is -3.35. The number of hydrogen-bond donors (Lipinski definition) is 1. The van der Waals surface area contributed by atoms with Gasteiger partial charge >= 0.3 is 0 Å². The second-order valence-corrected chi connectivity index (χ2v) is 5.12. The number of ether oxygens (including phenoxy) is 3. The Balaban J connectivity index is 1.91. The minimum Gasteiger partial charge on any atom is -0.493 e. The van der Waals surface area contributed by atoms with Crippen LogP contribution in [-0.4, -0.2) is 30.6 Å². The molecule has 0 aliphatic heterocycles. The van der Waals surface area contributed by atoms with Gasteiger partial charge in [0.15, 0.2) is 11.5 Å². The van der Waals surface area contributed by atoms with E-state index in [2.05, 4.69) is 15.3 Å². The molecular formula is C18H17N3O4. The summed E-state index contributed by atoms with van der Waals surface area (Å²) in [7, 11) is 3.16. The fourth-order valence-corrected chi connectivity index (χ4v) is 2.39. The number of hydrogen-bond acceptors (Lipinski definition) is 6. The van der Waals surface area contributed by atoms with Crippen LogP contribution in [0.2, 0.25) is 0 Å². The Bertz CT molecular complexity index is 881. The van der Waals surface area contributed by atoms with E-state index >= 15 is 0 Å². The highest BCUT2D eigenvalue weighted by molar-refractivity contribution is 5.88. The number of nitrogens with one attached hydrogen (secondary N) is 1. The van der Waals surface area contributed by atoms with Crippen LogP contribution in [0.4, 0.5) is 0 Å². The van der Waals surface area contributed by atoms with Crippen LogP contribution < -0.4 is 19.5 Å². The number of rotatable bonds is 7. The minimum absolute atomic E-state index is 0.374. The van der Waals surface area contributed by atoms with Gasteiger partial charge in [0.2, 0.25) is 6.41 Å². The van der Waals surface area contributed by atoms with E-state index in [4.69, 9.17) is 14.2 Å². The molecule has 3 rings (SSSR count). The Morgan fingerprint density at radius 1 is 1.04 bits per heavy atom. The zero-order chi connectivity index (χ0) is 17.6. The number of fused-ring (bicyclic) bond motifs is 1. The Labute approximate surface area is 144 Å². The summed E-state index contributed by atoms with van der Waals surface area (Å²) < 4.78 is 16.6. The molecule has 0 aliphatic carbocycles. The molecule has 2 aromatic heterocycles. The maximum atomic E-state index is 10.3. The number of carbonyl (C=O) groups excluding carboxylic acids is 1. The van der Waals surface area contributed by atoms with Crippen molar-refractivity contribution in [2.75, 3.05) is 14.2 Å². The van der Waals surface area contributed by atoms with Crippen molar-refractivity contribution in [2.45, 2.75) is 6.54 Å². The molecule has 0 fully saturated rings. The maximum absolute atomic E-state index is 10.3. The standard InChI is InChI=1S/C18H17N3O4/c1-23-17-7-14-15(8-18(17)24-2)20-6-5-16(14)25-13-4-3-12(21-10-13)9-19-11-22/h3-8,10-11H,9H2,1-2H3,(H,19,22). The number of pyridine rings is 2. The summed E-state index contributed by atoms with van der Waals surface area (Å²) in [6.45, 7) is 0.374. The molecule has 0 radical (unpaired) electrons. The Kier molecular flexibility index (Phi) is 4.94. The van der Waals surface area contributed by atoms with Crippen LogP contribution in [0.3, 0.4) is 0 Å². The molecule has 0 atom stereocenters. The van der Waals surface area contributed by atoms with E-state index in [1.165, 1.54) is 0 Å². The molecule has 0 bridgehead atoms. The summed E-state index contributed by atoms with van der Waals surface area (Å²) in [6, 6.07) is 8.98. The van der Waals surface area contributed by atoms with Crippen LogP contribution in [0.15, 0.2) is 42.7 Å². The van der Waals surface area contributed by atoms with Crippen LogP contribution in [0.25, 0.3) is 10.9 Å². The average molecular weight is 339 g/mol. The molecule has 7 heteroatoms. The number of carbonyl (C=O) groups is 1. The van der Waals surface area contributed by atoms with Gasteiger partial charge in [-0.15, -0.1) is 0 Å². The van der Waals surface area contributed by atoms with Gasteiger partial charge in [0, 0.05) is 17.6 Å². The molecule has 0 saturated carbocycles. The van der Waals surface area contributed by atoms with E-state index in [1.54, 1.807) is 50.9 Å². The maximum Gasteiger partial charge on any atom is 0.207 e. The van der Waals surface area contributed by atoms with Crippen molar-refractivity contribution in [3.8, 4) is 23.0 Å². The topological polar surface area (TPSA) is 82.6 Å². The van der Waals surface area contributed by atoms with E-state index in [0.29, 0.717) is 36.0 Å². The third-order valence-electron chi connectivity index (χ3n) is 3.60. The lowest BCUT2D eigenvalue weighted by Crippen LogP contribution is -2.10. The fraction of sp³-hybridized carbons (Fsp3) is 0.167. The first kappa shape index (κ1) is 16.5. The van der Waals surface area contributed by atoms with Crippen LogP contribution in [0.1, 0.15) is 5.69 Å². The molecule has 25 heavy (non-hydrogen) atoms. The SMILES string of the molecule is COc1cc2nccc(Oc3ccc(CNC=O)nc3)c2cc1OC. The summed E-state index contributed by atoms with van der Waals surface area (Å²) in [4.78, 5) is 18.9. The van der Waals surface area contributed by atoms with Crippen molar-refractivity contribution in [3.63, 3.8) is 0 Å². The molecular weight excluding hydrogens is 322 g/mol. The number of benzene rings is 1. The molecule has 0 spiro atoms. The lowest BCUT2D eigenvalue weighted by molar-refractivity contribution is -0.109. The van der Waals surface area contributed by atoms with E-state index in [1.807, 2.05) is 6.07 Å². The Morgan fingerprint density at radius 3 is 2.52 bits per heavy atom. The van der Waals surface area contributed by atoms with E-state index < -0.39 is 0 Å². The molecule has 128 valence electrons. The van der Waals surface area contributed by atoms with Gasteiger partial charge in [-0.2, -0.15) is 0 Å². The lowest BCUT2D eigenvalue weighted by atomic mass is 10.2. The lowest BCUT2D eigenvalue weighted by Gasteiger charge is -2.12. The van der Waals surface area contributed by atoms with Crippen molar-refractivity contribution in [1.82, 2.24) is 15.3 Å². The molecule has 1 N–H and O–H groups in total. The second kappa shape index (κ2) is 7.48. The van der Waals surface area contributed by atoms with Gasteiger partial charge in [-0.3, -0.25) is 14.8 Å². The van der Waals surface area contributed by atoms with Crippen molar-refractivity contribution in [1.29, 1.82) is 0 Å². The van der Waals surface area contributed by atoms with Gasteiger partial charge < -0.3 is 19.5 Å². The predicted octanol–water partition coefficient (Wildman–Crippen LogP) is 2.69. The quantitative estimate of drug-likeness (QED) is 0.667. The first-order valence-electron chi connectivity index (χ1n) is 7.55. The highest BCUT2D eigenvalue weighted by Gasteiger charge is 2.11. The molecule has 1 amide bonds. The number of methoxy groups -OCH3 is 2.